The van der Waals surface area contributed by atoms with Gasteiger partial charge >= 0.3 is 0 Å². The molecule has 0 amide bonds. The van der Waals surface area contributed by atoms with Crippen molar-refractivity contribution in [2.24, 2.45) is 0 Å². The van der Waals surface area contributed by atoms with E-state index in [4.69, 9.17) is 4.42 Å². The van der Waals surface area contributed by atoms with Crippen molar-refractivity contribution in [3.8, 4) is 11.1 Å². The molecule has 0 atom stereocenters. The summed E-state index contributed by atoms with van der Waals surface area (Å²) in [7, 11) is 0. The summed E-state index contributed by atoms with van der Waals surface area (Å²) in [5, 5.41) is 2.22. The average molecular weight is 290 g/mol. The van der Waals surface area contributed by atoms with Crippen LogP contribution in [0.5, 0.6) is 0 Å². The Bertz CT molecular complexity index is 994. The van der Waals surface area contributed by atoms with Gasteiger partial charge in [-0.2, -0.15) is 0 Å². The van der Waals surface area contributed by atoms with Crippen molar-refractivity contribution in [2.75, 3.05) is 0 Å². The third kappa shape index (κ3) is 2.00. The molecule has 3 aromatic carbocycles. The summed E-state index contributed by atoms with van der Waals surface area (Å²) in [4.78, 5) is 0. The molecule has 0 unspecified atom stereocenters. The Balaban J connectivity index is 1.98. The molecule has 2 heteroatoms. The maximum Gasteiger partial charge on any atom is 0.135 e. The first kappa shape index (κ1) is 13.1. The van der Waals surface area contributed by atoms with Gasteiger partial charge in [0.05, 0.1) is 0 Å². The van der Waals surface area contributed by atoms with Gasteiger partial charge < -0.3 is 4.42 Å². The number of aryl methyl sites for hydroxylation is 2. The van der Waals surface area contributed by atoms with E-state index in [0.29, 0.717) is 0 Å². The van der Waals surface area contributed by atoms with Gasteiger partial charge in [-0.05, 0) is 72.5 Å². The maximum atomic E-state index is 13.1. The van der Waals surface area contributed by atoms with Gasteiger partial charge in [-0.1, -0.05) is 18.2 Å². The number of rotatable bonds is 1. The molecule has 4 aromatic rings. The van der Waals surface area contributed by atoms with Gasteiger partial charge in [-0.25, -0.2) is 4.39 Å². The van der Waals surface area contributed by atoms with E-state index in [9.17, 15) is 4.39 Å². The van der Waals surface area contributed by atoms with Gasteiger partial charge in [-0.15, -0.1) is 0 Å². The average Bonchev–Trinajstić information content (AvgIpc) is 2.85. The molecule has 0 saturated carbocycles. The minimum absolute atomic E-state index is 0.218. The first-order valence-electron chi connectivity index (χ1n) is 7.31. The van der Waals surface area contributed by atoms with Crippen LogP contribution >= 0.6 is 0 Å². The molecule has 0 fully saturated rings. The highest BCUT2D eigenvalue weighted by Gasteiger charge is 2.10. The lowest BCUT2D eigenvalue weighted by Gasteiger charge is -2.02. The highest BCUT2D eigenvalue weighted by atomic mass is 19.1. The first-order chi connectivity index (χ1) is 10.6. The Morgan fingerprint density at radius 3 is 2.09 bits per heavy atom. The molecule has 0 radical (unpaired) electrons. The molecule has 0 spiro atoms. The maximum absolute atomic E-state index is 13.1. The van der Waals surface area contributed by atoms with Gasteiger partial charge in [0.25, 0.3) is 0 Å². The second-order valence-electron chi connectivity index (χ2n) is 5.75. The largest absolute Gasteiger partial charge is 0.456 e. The van der Waals surface area contributed by atoms with Crippen LogP contribution < -0.4 is 0 Å². The fourth-order valence-corrected chi connectivity index (χ4v) is 2.85. The molecule has 0 N–H and O–H groups in total. The fourth-order valence-electron chi connectivity index (χ4n) is 2.85. The monoisotopic (exact) mass is 290 g/mol. The molecule has 0 aliphatic carbocycles. The standard InChI is InChI=1S/C20H15FO/c1-12-9-17-18-11-15(14-3-6-16(21)7-4-14)5-8-19(18)22-20(17)10-13(12)2/h3-11H,1-2H3. The second-order valence-corrected chi connectivity index (χ2v) is 5.75. The molecule has 0 saturated heterocycles. The Morgan fingerprint density at radius 1 is 0.682 bits per heavy atom. The molecule has 0 aliphatic heterocycles. The van der Waals surface area contributed by atoms with E-state index in [1.807, 2.05) is 12.1 Å². The number of halogens is 1. The lowest BCUT2D eigenvalue weighted by atomic mass is 10.0. The van der Waals surface area contributed by atoms with E-state index in [1.54, 1.807) is 12.1 Å². The summed E-state index contributed by atoms with van der Waals surface area (Å²) in [6.45, 7) is 4.20. The van der Waals surface area contributed by atoms with Crippen LogP contribution in [0, 0.1) is 19.7 Å². The topological polar surface area (TPSA) is 13.1 Å². The van der Waals surface area contributed by atoms with E-state index in [1.165, 1.54) is 23.3 Å². The lowest BCUT2D eigenvalue weighted by Crippen LogP contribution is -1.80. The molecule has 0 bridgehead atoms. The van der Waals surface area contributed by atoms with Crippen molar-refractivity contribution in [1.29, 1.82) is 0 Å². The molecular formula is C20H15FO. The molecule has 1 aromatic heterocycles. The van der Waals surface area contributed by atoms with Crippen LogP contribution in [0.1, 0.15) is 11.1 Å². The predicted octanol–water partition coefficient (Wildman–Crippen LogP) is 6.01. The van der Waals surface area contributed by atoms with Crippen molar-refractivity contribution in [2.45, 2.75) is 13.8 Å². The summed E-state index contributed by atoms with van der Waals surface area (Å²) in [6.07, 6.45) is 0. The van der Waals surface area contributed by atoms with E-state index in [-0.39, 0.29) is 5.82 Å². The highest BCUT2D eigenvalue weighted by Crippen LogP contribution is 2.33. The second kappa shape index (κ2) is 4.70. The third-order valence-corrected chi connectivity index (χ3v) is 4.26. The molecule has 1 nitrogen and oxygen atoms in total. The van der Waals surface area contributed by atoms with Crippen molar-refractivity contribution < 1.29 is 8.81 Å². The van der Waals surface area contributed by atoms with Crippen molar-refractivity contribution in [3.63, 3.8) is 0 Å². The van der Waals surface area contributed by atoms with Crippen LogP contribution in [0.15, 0.2) is 59.0 Å². The zero-order valence-corrected chi connectivity index (χ0v) is 12.5. The number of hydrogen-bond acceptors (Lipinski definition) is 1. The number of benzene rings is 3. The number of hydrogen-bond donors (Lipinski definition) is 0. The summed E-state index contributed by atoms with van der Waals surface area (Å²) < 4.78 is 19.0. The van der Waals surface area contributed by atoms with Gasteiger partial charge in [-0.3, -0.25) is 0 Å². The molecule has 22 heavy (non-hydrogen) atoms. The van der Waals surface area contributed by atoms with Crippen LogP contribution in [0.4, 0.5) is 4.39 Å². The predicted molar refractivity (Wildman–Crippen MR) is 88.6 cm³/mol. The van der Waals surface area contributed by atoms with Gasteiger partial charge in [0.15, 0.2) is 0 Å². The third-order valence-electron chi connectivity index (χ3n) is 4.26. The Morgan fingerprint density at radius 2 is 1.32 bits per heavy atom. The minimum Gasteiger partial charge on any atom is -0.456 e. The quantitative estimate of drug-likeness (QED) is 0.418. The summed E-state index contributed by atoms with van der Waals surface area (Å²) in [5.41, 5.74) is 6.34. The van der Waals surface area contributed by atoms with E-state index in [2.05, 4.69) is 32.0 Å². The van der Waals surface area contributed by atoms with Crippen molar-refractivity contribution in [1.82, 2.24) is 0 Å². The molecular weight excluding hydrogens is 275 g/mol. The van der Waals surface area contributed by atoms with Crippen molar-refractivity contribution in [3.05, 3.63) is 71.5 Å². The smallest absolute Gasteiger partial charge is 0.135 e. The summed E-state index contributed by atoms with van der Waals surface area (Å²) >= 11 is 0. The van der Waals surface area contributed by atoms with E-state index >= 15 is 0 Å². The summed E-state index contributed by atoms with van der Waals surface area (Å²) in [6, 6.07) is 16.9. The SMILES string of the molecule is Cc1cc2oc3ccc(-c4ccc(F)cc4)cc3c2cc1C. The fraction of sp³-hybridized carbons (Fsp3) is 0.100. The van der Waals surface area contributed by atoms with Crippen LogP contribution in [0.2, 0.25) is 0 Å². The Hall–Kier alpha value is -2.61. The molecule has 4 rings (SSSR count). The Labute approximate surface area is 128 Å². The normalized spacial score (nSPS) is 11.4. The molecule has 1 heterocycles. The Kier molecular flexibility index (Phi) is 2.80. The number of furan rings is 1. The number of fused-ring (bicyclic) bond motifs is 3. The van der Waals surface area contributed by atoms with Crippen LogP contribution in [0.25, 0.3) is 33.1 Å². The van der Waals surface area contributed by atoms with Gasteiger partial charge in [0.2, 0.25) is 0 Å². The summed E-state index contributed by atoms with van der Waals surface area (Å²) in [5.74, 6) is -0.218. The van der Waals surface area contributed by atoms with Crippen molar-refractivity contribution >= 4 is 21.9 Å². The van der Waals surface area contributed by atoms with Crippen LogP contribution in [0.3, 0.4) is 0 Å². The van der Waals surface area contributed by atoms with Gasteiger partial charge in [0, 0.05) is 10.8 Å². The van der Waals surface area contributed by atoms with Crippen LogP contribution in [-0.2, 0) is 0 Å². The first-order valence-corrected chi connectivity index (χ1v) is 7.31. The van der Waals surface area contributed by atoms with Gasteiger partial charge in [0.1, 0.15) is 17.0 Å². The van der Waals surface area contributed by atoms with E-state index < -0.39 is 0 Å². The highest BCUT2D eigenvalue weighted by molar-refractivity contribution is 6.06. The lowest BCUT2D eigenvalue weighted by molar-refractivity contribution is 0.628. The minimum atomic E-state index is -0.218. The zero-order chi connectivity index (χ0) is 15.3. The van der Waals surface area contributed by atoms with E-state index in [0.717, 1.165) is 33.1 Å². The molecule has 108 valence electrons. The van der Waals surface area contributed by atoms with Crippen LogP contribution in [-0.4, -0.2) is 0 Å². The zero-order valence-electron chi connectivity index (χ0n) is 12.5. The molecule has 0 aliphatic rings.